The third-order valence-electron chi connectivity index (χ3n) is 12.3. The number of hydrogen-bond donors (Lipinski definition) is 3. The van der Waals surface area contributed by atoms with E-state index in [1.165, 1.54) is 57.8 Å². The van der Waals surface area contributed by atoms with Crippen molar-refractivity contribution in [3.05, 3.63) is 36.5 Å². The van der Waals surface area contributed by atoms with E-state index in [1.54, 1.807) is 0 Å². The van der Waals surface area contributed by atoms with Crippen molar-refractivity contribution in [3.8, 4) is 0 Å². The minimum atomic E-state index is -0.836. The van der Waals surface area contributed by atoms with E-state index in [9.17, 15) is 29.7 Å². The lowest BCUT2D eigenvalue weighted by molar-refractivity contribution is -0.167. The van der Waals surface area contributed by atoms with Gasteiger partial charge in [0, 0.05) is 19.3 Å². The van der Waals surface area contributed by atoms with Crippen molar-refractivity contribution < 1.29 is 43.9 Å². The van der Waals surface area contributed by atoms with Gasteiger partial charge in [-0.2, -0.15) is 0 Å². The van der Waals surface area contributed by atoms with Crippen molar-refractivity contribution in [2.24, 2.45) is 0 Å². The molecule has 0 aliphatic carbocycles. The Morgan fingerprint density at radius 1 is 0.364 bits per heavy atom. The summed E-state index contributed by atoms with van der Waals surface area (Å²) in [6.07, 6.45) is 48.9. The second-order valence-electron chi connectivity index (χ2n) is 19.0. The molecule has 0 aromatic carbocycles. The third kappa shape index (κ3) is 48.0. The fraction of sp³-hybridized carbons (Fsp3) is 0.842. The van der Waals surface area contributed by atoms with Crippen LogP contribution in [0, 0.1) is 0 Å². The van der Waals surface area contributed by atoms with Gasteiger partial charge in [0.15, 0.2) is 6.10 Å². The zero-order chi connectivity index (χ0) is 48.4. The average Bonchev–Trinajstić information content (AvgIpc) is 3.30. The fourth-order valence-corrected chi connectivity index (χ4v) is 7.95. The largest absolute Gasteiger partial charge is 0.462 e. The highest BCUT2D eigenvalue weighted by molar-refractivity contribution is 5.71. The number of aliphatic hydroxyl groups excluding tert-OH is 3. The summed E-state index contributed by atoms with van der Waals surface area (Å²) in [6.45, 7) is 6.33. The highest BCUT2D eigenvalue weighted by Crippen LogP contribution is 2.15. The molecular weight excluding hydrogens is 829 g/mol. The van der Waals surface area contributed by atoms with E-state index in [-0.39, 0.29) is 55.9 Å². The van der Waals surface area contributed by atoms with Gasteiger partial charge in [-0.15, -0.1) is 0 Å². The molecular formula is C57H104O9. The zero-order valence-electron chi connectivity index (χ0n) is 43.1. The van der Waals surface area contributed by atoms with Crippen molar-refractivity contribution >= 4 is 17.9 Å². The molecule has 0 saturated carbocycles. The summed E-state index contributed by atoms with van der Waals surface area (Å²) in [6, 6.07) is 0. The Balaban J connectivity index is 4.51. The Bertz CT molecular complexity index is 1110. The third-order valence-corrected chi connectivity index (χ3v) is 12.3. The summed E-state index contributed by atoms with van der Waals surface area (Å²) in [7, 11) is 0. The van der Waals surface area contributed by atoms with Crippen LogP contribution in [0.2, 0.25) is 0 Å². The average molecular weight is 933 g/mol. The van der Waals surface area contributed by atoms with Gasteiger partial charge in [-0.05, 0) is 96.3 Å². The van der Waals surface area contributed by atoms with Gasteiger partial charge in [0.1, 0.15) is 13.2 Å². The minimum Gasteiger partial charge on any atom is -0.462 e. The van der Waals surface area contributed by atoms with Crippen LogP contribution in [0.4, 0.5) is 0 Å². The molecule has 0 spiro atoms. The van der Waals surface area contributed by atoms with E-state index >= 15 is 0 Å². The first-order valence-electron chi connectivity index (χ1n) is 27.7. The van der Waals surface area contributed by atoms with Gasteiger partial charge < -0.3 is 29.5 Å². The summed E-state index contributed by atoms with van der Waals surface area (Å²) in [5.41, 5.74) is 0. The fourth-order valence-electron chi connectivity index (χ4n) is 7.95. The second kappa shape index (κ2) is 50.4. The Labute approximate surface area is 405 Å². The maximum Gasteiger partial charge on any atom is 0.306 e. The molecule has 0 aromatic heterocycles. The number of aliphatic hydroxyl groups is 3. The summed E-state index contributed by atoms with van der Waals surface area (Å²) in [4.78, 5) is 38.1. The molecule has 0 radical (unpaired) electrons. The quantitative estimate of drug-likeness (QED) is 0.0235. The van der Waals surface area contributed by atoms with Crippen LogP contribution < -0.4 is 0 Å². The normalized spacial score (nSPS) is 13.7. The van der Waals surface area contributed by atoms with E-state index in [0.29, 0.717) is 19.3 Å². The molecule has 0 heterocycles. The van der Waals surface area contributed by atoms with Gasteiger partial charge in [-0.3, -0.25) is 14.4 Å². The zero-order valence-corrected chi connectivity index (χ0v) is 43.1. The van der Waals surface area contributed by atoms with Crippen LogP contribution in [0.3, 0.4) is 0 Å². The molecule has 4 atom stereocenters. The molecule has 0 aromatic rings. The number of allylic oxidation sites excluding steroid dienone is 3. The maximum atomic E-state index is 12.8. The smallest absolute Gasteiger partial charge is 0.306 e. The van der Waals surface area contributed by atoms with Crippen LogP contribution in [0.15, 0.2) is 36.5 Å². The molecule has 3 N–H and O–H groups in total. The minimum absolute atomic E-state index is 0.132. The molecule has 386 valence electrons. The van der Waals surface area contributed by atoms with E-state index < -0.39 is 6.10 Å². The number of esters is 3. The highest BCUT2D eigenvalue weighted by atomic mass is 16.6. The molecule has 9 heteroatoms. The Morgan fingerprint density at radius 3 is 0.985 bits per heavy atom. The highest BCUT2D eigenvalue weighted by Gasteiger charge is 2.19. The Morgan fingerprint density at radius 2 is 0.652 bits per heavy atom. The van der Waals surface area contributed by atoms with Crippen LogP contribution in [0.5, 0.6) is 0 Å². The molecule has 9 nitrogen and oxygen atoms in total. The molecule has 0 amide bonds. The number of carbonyl (C=O) groups is 3. The van der Waals surface area contributed by atoms with Crippen molar-refractivity contribution in [2.45, 2.75) is 296 Å². The summed E-state index contributed by atoms with van der Waals surface area (Å²) < 4.78 is 16.7. The number of ether oxygens (including phenoxy) is 3. The van der Waals surface area contributed by atoms with Gasteiger partial charge in [0.2, 0.25) is 0 Å². The molecule has 0 rings (SSSR count). The molecule has 0 fully saturated rings. The predicted molar refractivity (Wildman–Crippen MR) is 274 cm³/mol. The predicted octanol–water partition coefficient (Wildman–Crippen LogP) is 15.0. The van der Waals surface area contributed by atoms with Crippen LogP contribution in [0.1, 0.15) is 271 Å². The summed E-state index contributed by atoms with van der Waals surface area (Å²) >= 11 is 0. The SMILES string of the molecule is CCCCCC[C@H](O)CC=CCCCCCCCC(=O)OCC(COC(=O)CCCCCCCC=CC[C@H](O)CCCCCC)OC(=O)CCCCCCCC=CC[C@H](O)CCCCCC. The van der Waals surface area contributed by atoms with Gasteiger partial charge in [-0.25, -0.2) is 0 Å². The summed E-state index contributed by atoms with van der Waals surface area (Å²) in [5, 5.41) is 30.4. The number of carbonyl (C=O) groups excluding carboxylic acids is 3. The molecule has 66 heavy (non-hydrogen) atoms. The first-order chi connectivity index (χ1) is 32.2. The molecule has 0 aliphatic rings. The van der Waals surface area contributed by atoms with E-state index in [0.717, 1.165) is 167 Å². The van der Waals surface area contributed by atoms with Crippen LogP contribution in [0.25, 0.3) is 0 Å². The first kappa shape index (κ1) is 63.5. The van der Waals surface area contributed by atoms with Crippen LogP contribution in [-0.2, 0) is 28.6 Å². The number of unbranched alkanes of at least 4 members (excludes halogenated alkanes) is 24. The topological polar surface area (TPSA) is 140 Å². The van der Waals surface area contributed by atoms with Gasteiger partial charge in [0.25, 0.3) is 0 Å². The van der Waals surface area contributed by atoms with Gasteiger partial charge in [0.05, 0.1) is 18.3 Å². The van der Waals surface area contributed by atoms with Gasteiger partial charge >= 0.3 is 17.9 Å². The lowest BCUT2D eigenvalue weighted by atomic mass is 10.1. The lowest BCUT2D eigenvalue weighted by Crippen LogP contribution is -2.30. The van der Waals surface area contributed by atoms with E-state index in [2.05, 4.69) is 57.2 Å². The van der Waals surface area contributed by atoms with Crippen LogP contribution in [-0.4, -0.2) is 70.9 Å². The number of hydrogen-bond acceptors (Lipinski definition) is 9. The Kier molecular flexibility index (Phi) is 48.5. The standard InChI is InChI=1S/C57H104O9/c1-4-7-10-31-40-51(58)43-34-25-19-13-16-22-28-37-46-55(61)64-49-54(66-57(63)48-39-30-24-18-15-21-27-36-45-53(60)42-33-12-9-6-3)50-65-56(62)47-38-29-23-17-14-20-26-35-44-52(59)41-32-11-8-5-2/h25-27,34-36,51-54,58-60H,4-24,28-33,37-50H2,1-3H3/t51-,52+,53-,54?/m1/s1. The van der Waals surface area contributed by atoms with Crippen molar-refractivity contribution in [1.82, 2.24) is 0 Å². The van der Waals surface area contributed by atoms with Crippen molar-refractivity contribution in [1.29, 1.82) is 0 Å². The van der Waals surface area contributed by atoms with Crippen molar-refractivity contribution in [2.75, 3.05) is 13.2 Å². The van der Waals surface area contributed by atoms with Crippen molar-refractivity contribution in [3.63, 3.8) is 0 Å². The maximum absolute atomic E-state index is 12.8. The number of rotatable bonds is 50. The lowest BCUT2D eigenvalue weighted by Gasteiger charge is -2.18. The van der Waals surface area contributed by atoms with Gasteiger partial charge in [-0.1, -0.05) is 192 Å². The van der Waals surface area contributed by atoms with E-state index in [4.69, 9.17) is 14.2 Å². The second-order valence-corrected chi connectivity index (χ2v) is 19.0. The Hall–Kier alpha value is -2.49. The summed E-state index contributed by atoms with van der Waals surface area (Å²) in [5.74, 6) is -1.04. The monoisotopic (exact) mass is 933 g/mol. The first-order valence-corrected chi connectivity index (χ1v) is 27.7. The molecule has 1 unspecified atom stereocenters. The van der Waals surface area contributed by atoms with E-state index in [1.807, 2.05) is 0 Å². The van der Waals surface area contributed by atoms with Crippen LogP contribution >= 0.6 is 0 Å². The molecule has 0 saturated heterocycles. The molecule has 0 aliphatic heterocycles. The molecule has 0 bridgehead atoms.